The fourth-order valence-electron chi connectivity index (χ4n) is 1.35. The van der Waals surface area contributed by atoms with Crippen molar-refractivity contribution in [3.05, 3.63) is 24.5 Å². The first-order valence-corrected chi connectivity index (χ1v) is 5.06. The Morgan fingerprint density at radius 1 is 1.60 bits per heavy atom. The van der Waals surface area contributed by atoms with Crippen molar-refractivity contribution in [3.63, 3.8) is 0 Å². The van der Waals surface area contributed by atoms with Crippen LogP contribution in [0, 0.1) is 11.8 Å². The van der Waals surface area contributed by atoms with Gasteiger partial charge in [-0.1, -0.05) is 13.8 Å². The Hall–Kier alpha value is -1.42. The summed E-state index contributed by atoms with van der Waals surface area (Å²) in [5.74, 6) is 0.0531. The first-order chi connectivity index (χ1) is 7.15. The second-order valence-corrected chi connectivity index (χ2v) is 3.82. The van der Waals surface area contributed by atoms with Crippen LogP contribution in [0.2, 0.25) is 0 Å². The lowest BCUT2D eigenvalue weighted by atomic mass is 9.95. The predicted octanol–water partition coefficient (Wildman–Crippen LogP) is 1.25. The second kappa shape index (κ2) is 5.46. The monoisotopic (exact) mass is 207 g/mol. The van der Waals surface area contributed by atoms with Gasteiger partial charge in [-0.25, -0.2) is 0 Å². The molecule has 0 spiro atoms. The smallest absolute Gasteiger partial charge is 0.229 e. The maximum atomic E-state index is 11.8. The summed E-state index contributed by atoms with van der Waals surface area (Å²) in [4.78, 5) is 15.7. The first kappa shape index (κ1) is 11.7. The van der Waals surface area contributed by atoms with Crippen LogP contribution in [0.15, 0.2) is 24.5 Å². The minimum atomic E-state index is -0.148. The van der Waals surface area contributed by atoms with Crippen LogP contribution >= 0.6 is 0 Å². The summed E-state index contributed by atoms with van der Waals surface area (Å²) in [6, 6.07) is 3.58. The maximum Gasteiger partial charge on any atom is 0.229 e. The Bertz CT molecular complexity index is 311. The molecular formula is C11H17N3O. The third-order valence-corrected chi connectivity index (χ3v) is 2.32. The summed E-state index contributed by atoms with van der Waals surface area (Å²) in [6.07, 6.45) is 3.28. The SMILES string of the molecule is CC(C)C(CN)C(=O)Nc1cccnc1. The summed E-state index contributed by atoms with van der Waals surface area (Å²) < 4.78 is 0. The topological polar surface area (TPSA) is 68.0 Å². The van der Waals surface area contributed by atoms with Crippen LogP contribution in [0.4, 0.5) is 5.69 Å². The normalized spacial score (nSPS) is 12.5. The minimum absolute atomic E-state index is 0.0412. The molecule has 0 bridgehead atoms. The van der Waals surface area contributed by atoms with Crippen molar-refractivity contribution >= 4 is 11.6 Å². The minimum Gasteiger partial charge on any atom is -0.330 e. The molecule has 0 aliphatic carbocycles. The molecule has 1 amide bonds. The summed E-state index contributed by atoms with van der Waals surface area (Å²) in [7, 11) is 0. The molecule has 15 heavy (non-hydrogen) atoms. The van der Waals surface area contributed by atoms with E-state index < -0.39 is 0 Å². The number of hydrogen-bond donors (Lipinski definition) is 2. The Balaban J connectivity index is 2.62. The molecule has 82 valence electrons. The second-order valence-electron chi connectivity index (χ2n) is 3.82. The zero-order valence-electron chi connectivity index (χ0n) is 9.10. The number of pyridine rings is 1. The first-order valence-electron chi connectivity index (χ1n) is 5.06. The lowest BCUT2D eigenvalue weighted by Crippen LogP contribution is -2.33. The van der Waals surface area contributed by atoms with E-state index in [1.807, 2.05) is 13.8 Å². The highest BCUT2D eigenvalue weighted by molar-refractivity contribution is 5.92. The van der Waals surface area contributed by atoms with E-state index in [1.165, 1.54) is 0 Å². The average Bonchev–Trinajstić information content (AvgIpc) is 2.19. The number of nitrogens with zero attached hydrogens (tertiary/aromatic N) is 1. The van der Waals surface area contributed by atoms with Gasteiger partial charge in [-0.3, -0.25) is 9.78 Å². The number of carbonyl (C=O) groups is 1. The summed E-state index contributed by atoms with van der Waals surface area (Å²) >= 11 is 0. The van der Waals surface area contributed by atoms with E-state index in [0.29, 0.717) is 12.2 Å². The maximum absolute atomic E-state index is 11.8. The van der Waals surface area contributed by atoms with Crippen molar-refractivity contribution in [3.8, 4) is 0 Å². The highest BCUT2D eigenvalue weighted by Crippen LogP contribution is 2.12. The zero-order valence-corrected chi connectivity index (χ0v) is 9.10. The molecule has 0 saturated carbocycles. The highest BCUT2D eigenvalue weighted by Gasteiger charge is 2.20. The van der Waals surface area contributed by atoms with E-state index in [4.69, 9.17) is 5.73 Å². The molecule has 0 fully saturated rings. The summed E-state index contributed by atoms with van der Waals surface area (Å²) in [5.41, 5.74) is 6.26. The fourth-order valence-corrected chi connectivity index (χ4v) is 1.35. The molecule has 1 aromatic rings. The summed E-state index contributed by atoms with van der Waals surface area (Å²) in [5, 5.41) is 2.79. The number of nitrogens with two attached hydrogens (primary N) is 1. The van der Waals surface area contributed by atoms with Crippen LogP contribution < -0.4 is 11.1 Å². The highest BCUT2D eigenvalue weighted by atomic mass is 16.1. The van der Waals surface area contributed by atoms with Gasteiger partial charge in [0.25, 0.3) is 0 Å². The van der Waals surface area contributed by atoms with Gasteiger partial charge in [0.05, 0.1) is 17.8 Å². The molecule has 1 unspecified atom stereocenters. The van der Waals surface area contributed by atoms with E-state index >= 15 is 0 Å². The molecule has 1 aromatic heterocycles. The molecule has 4 heteroatoms. The molecule has 0 aliphatic rings. The van der Waals surface area contributed by atoms with Crippen LogP contribution in [-0.2, 0) is 4.79 Å². The molecule has 4 nitrogen and oxygen atoms in total. The third kappa shape index (κ3) is 3.32. The van der Waals surface area contributed by atoms with E-state index in [2.05, 4.69) is 10.3 Å². The number of rotatable bonds is 4. The molecule has 0 aromatic carbocycles. The average molecular weight is 207 g/mol. The van der Waals surface area contributed by atoms with Gasteiger partial charge >= 0.3 is 0 Å². The molecular weight excluding hydrogens is 190 g/mol. The Morgan fingerprint density at radius 3 is 2.80 bits per heavy atom. The standard InChI is InChI=1S/C11H17N3O/c1-8(2)10(6-12)11(15)14-9-4-3-5-13-7-9/h3-5,7-8,10H,6,12H2,1-2H3,(H,14,15). The number of hydrogen-bond acceptors (Lipinski definition) is 3. The predicted molar refractivity (Wildman–Crippen MR) is 60.2 cm³/mol. The number of amides is 1. The van der Waals surface area contributed by atoms with Crippen molar-refractivity contribution in [2.24, 2.45) is 17.6 Å². The van der Waals surface area contributed by atoms with Gasteiger partial charge in [-0.05, 0) is 18.1 Å². The van der Waals surface area contributed by atoms with Crippen LogP contribution in [0.5, 0.6) is 0 Å². The van der Waals surface area contributed by atoms with E-state index in [1.54, 1.807) is 24.5 Å². The number of anilines is 1. The van der Waals surface area contributed by atoms with Crippen LogP contribution in [-0.4, -0.2) is 17.4 Å². The van der Waals surface area contributed by atoms with Gasteiger partial charge < -0.3 is 11.1 Å². The van der Waals surface area contributed by atoms with E-state index in [-0.39, 0.29) is 17.7 Å². The quantitative estimate of drug-likeness (QED) is 0.780. The molecule has 1 rings (SSSR count). The Kier molecular flexibility index (Phi) is 4.24. The van der Waals surface area contributed by atoms with Crippen LogP contribution in [0.3, 0.4) is 0 Å². The fraction of sp³-hybridized carbons (Fsp3) is 0.455. The lowest BCUT2D eigenvalue weighted by Gasteiger charge is -2.17. The van der Waals surface area contributed by atoms with Gasteiger partial charge in [0, 0.05) is 12.7 Å². The van der Waals surface area contributed by atoms with Crippen LogP contribution in [0.25, 0.3) is 0 Å². The Morgan fingerprint density at radius 2 is 2.33 bits per heavy atom. The van der Waals surface area contributed by atoms with Gasteiger partial charge in [0.1, 0.15) is 0 Å². The number of carbonyl (C=O) groups excluding carboxylic acids is 1. The molecule has 1 atom stereocenters. The van der Waals surface area contributed by atoms with Crippen molar-refractivity contribution in [2.75, 3.05) is 11.9 Å². The largest absolute Gasteiger partial charge is 0.330 e. The number of aromatic nitrogens is 1. The summed E-state index contributed by atoms with van der Waals surface area (Å²) in [6.45, 7) is 4.34. The molecule has 0 saturated heterocycles. The lowest BCUT2D eigenvalue weighted by molar-refractivity contribution is -0.120. The van der Waals surface area contributed by atoms with Gasteiger partial charge in [-0.15, -0.1) is 0 Å². The van der Waals surface area contributed by atoms with Gasteiger partial charge in [-0.2, -0.15) is 0 Å². The molecule has 1 heterocycles. The van der Waals surface area contributed by atoms with Crippen molar-refractivity contribution in [1.29, 1.82) is 0 Å². The molecule has 3 N–H and O–H groups in total. The van der Waals surface area contributed by atoms with Gasteiger partial charge in [0.2, 0.25) is 5.91 Å². The van der Waals surface area contributed by atoms with Crippen LogP contribution in [0.1, 0.15) is 13.8 Å². The molecule has 0 aliphatic heterocycles. The Labute approximate surface area is 89.9 Å². The van der Waals surface area contributed by atoms with Crippen molar-refractivity contribution in [1.82, 2.24) is 4.98 Å². The van der Waals surface area contributed by atoms with E-state index in [0.717, 1.165) is 0 Å². The van der Waals surface area contributed by atoms with Gasteiger partial charge in [0.15, 0.2) is 0 Å². The zero-order chi connectivity index (χ0) is 11.3. The van der Waals surface area contributed by atoms with Crippen molar-refractivity contribution in [2.45, 2.75) is 13.8 Å². The number of nitrogens with one attached hydrogen (secondary N) is 1. The van der Waals surface area contributed by atoms with E-state index in [9.17, 15) is 4.79 Å². The third-order valence-electron chi connectivity index (χ3n) is 2.32. The van der Waals surface area contributed by atoms with Crippen molar-refractivity contribution < 1.29 is 4.79 Å². The molecule has 0 radical (unpaired) electrons.